The lowest BCUT2D eigenvalue weighted by atomic mass is 9.95. The van der Waals surface area contributed by atoms with Gasteiger partial charge in [0.1, 0.15) is 5.76 Å². The van der Waals surface area contributed by atoms with Crippen LogP contribution in [0.5, 0.6) is 11.5 Å². The smallest absolute Gasteiger partial charge is 0.295 e. The number of aromatic hydroxyl groups is 1. The van der Waals surface area contributed by atoms with Crippen LogP contribution in [0.3, 0.4) is 0 Å². The number of phenolic OH excluding ortho intramolecular Hbond substituents is 1. The number of benzene rings is 2. The summed E-state index contributed by atoms with van der Waals surface area (Å²) < 4.78 is 6.41. The molecule has 0 saturated carbocycles. The lowest BCUT2D eigenvalue weighted by Crippen LogP contribution is -2.34. The third-order valence-corrected chi connectivity index (χ3v) is 7.31. The first kappa shape index (κ1) is 29.7. The van der Waals surface area contributed by atoms with Crippen molar-refractivity contribution in [2.45, 2.75) is 58.9 Å². The number of hydrogen-bond acceptors (Lipinski definition) is 6. The summed E-state index contributed by atoms with van der Waals surface area (Å²) in [6.45, 7) is 9.73. The second-order valence-electron chi connectivity index (χ2n) is 9.56. The molecule has 0 spiro atoms. The molecule has 0 aliphatic carbocycles. The van der Waals surface area contributed by atoms with Crippen molar-refractivity contribution in [2.75, 3.05) is 32.8 Å². The number of aliphatic hydroxyl groups excluding tert-OH is 1. The van der Waals surface area contributed by atoms with Crippen LogP contribution in [-0.4, -0.2) is 64.5 Å². The molecule has 0 radical (unpaired) electrons. The second-order valence-corrected chi connectivity index (χ2v) is 10.5. The lowest BCUT2D eigenvalue weighted by Gasteiger charge is -2.28. The predicted molar refractivity (Wildman–Crippen MR) is 153 cm³/mol. The van der Waals surface area contributed by atoms with E-state index in [1.165, 1.54) is 6.07 Å². The molecule has 2 aromatic carbocycles. The van der Waals surface area contributed by atoms with Gasteiger partial charge in [-0.3, -0.25) is 9.59 Å². The number of ether oxygens (including phenoxy) is 1. The van der Waals surface area contributed by atoms with E-state index in [0.717, 1.165) is 49.8 Å². The Morgan fingerprint density at radius 3 is 2.21 bits per heavy atom. The summed E-state index contributed by atoms with van der Waals surface area (Å²) in [7, 11) is 0. The maximum Gasteiger partial charge on any atom is 0.295 e. The van der Waals surface area contributed by atoms with Crippen LogP contribution in [0, 0.1) is 0 Å². The number of carbonyl (C=O) groups is 2. The topological polar surface area (TPSA) is 90.3 Å². The molecule has 1 fully saturated rings. The zero-order valence-electron chi connectivity index (χ0n) is 22.6. The zero-order chi connectivity index (χ0) is 27.7. The first-order valence-corrected chi connectivity index (χ1v) is 14.3. The Labute approximate surface area is 234 Å². The van der Waals surface area contributed by atoms with Gasteiger partial charge in [-0.2, -0.15) is 0 Å². The SMILES string of the molecule is CCCCN(CCCC)CCCN1C(=O)C(=O)C(=C(O)c2ccc(Br)cc2)[C@@H]1c1ccc(O)c(OCC)c1. The van der Waals surface area contributed by atoms with E-state index in [0.29, 0.717) is 30.7 Å². The summed E-state index contributed by atoms with van der Waals surface area (Å²) in [5.74, 6) is -1.32. The molecule has 1 aliphatic heterocycles. The number of Topliss-reactive ketones (excluding diaryl/α,β-unsaturated/α-hetero) is 1. The van der Waals surface area contributed by atoms with E-state index >= 15 is 0 Å². The largest absolute Gasteiger partial charge is 0.507 e. The number of unbranched alkanes of at least 4 members (excludes halogenated alkanes) is 2. The van der Waals surface area contributed by atoms with Gasteiger partial charge in [-0.15, -0.1) is 0 Å². The van der Waals surface area contributed by atoms with Gasteiger partial charge in [-0.05, 0) is 75.6 Å². The number of aliphatic hydroxyl groups is 1. The maximum atomic E-state index is 13.3. The lowest BCUT2D eigenvalue weighted by molar-refractivity contribution is -0.140. The molecule has 0 unspecified atom stereocenters. The number of halogens is 1. The van der Waals surface area contributed by atoms with Crippen LogP contribution in [0.1, 0.15) is 70.0 Å². The molecule has 2 N–H and O–H groups in total. The molecule has 0 aromatic heterocycles. The first-order valence-electron chi connectivity index (χ1n) is 13.5. The summed E-state index contributed by atoms with van der Waals surface area (Å²) >= 11 is 3.39. The first-order chi connectivity index (χ1) is 18.3. The third kappa shape index (κ3) is 7.17. The van der Waals surface area contributed by atoms with E-state index in [9.17, 15) is 19.8 Å². The molecule has 2 aromatic rings. The van der Waals surface area contributed by atoms with Crippen LogP contribution in [0.15, 0.2) is 52.5 Å². The summed E-state index contributed by atoms with van der Waals surface area (Å²) in [5, 5.41) is 21.5. The number of nitrogens with zero attached hydrogens (tertiary/aromatic N) is 2. The minimum atomic E-state index is -0.793. The standard InChI is InChI=1S/C30H39BrN2O5/c1-4-7-16-32(17-8-5-2)18-9-19-33-27(22-12-15-24(34)25(20-22)38-6-3)26(29(36)30(33)37)28(35)21-10-13-23(31)14-11-21/h10-15,20,27,34-35H,4-9,16-19H2,1-3H3/t27-/m0/s1. The van der Waals surface area contributed by atoms with Gasteiger partial charge >= 0.3 is 0 Å². The fourth-order valence-corrected chi connectivity index (χ4v) is 5.02. The number of phenols is 1. The van der Waals surface area contributed by atoms with Gasteiger partial charge < -0.3 is 24.7 Å². The van der Waals surface area contributed by atoms with Gasteiger partial charge in [0.15, 0.2) is 11.5 Å². The summed E-state index contributed by atoms with van der Waals surface area (Å²) in [6.07, 6.45) is 5.18. The van der Waals surface area contributed by atoms with Crippen molar-refractivity contribution in [3.8, 4) is 11.5 Å². The molecule has 0 bridgehead atoms. The maximum absolute atomic E-state index is 13.3. The predicted octanol–water partition coefficient (Wildman–Crippen LogP) is 6.27. The number of amides is 1. The van der Waals surface area contributed by atoms with Gasteiger partial charge in [-0.1, -0.05) is 60.8 Å². The summed E-state index contributed by atoms with van der Waals surface area (Å²) in [4.78, 5) is 30.6. The molecule has 38 heavy (non-hydrogen) atoms. The Balaban J connectivity index is 1.98. The van der Waals surface area contributed by atoms with E-state index in [2.05, 4.69) is 34.7 Å². The van der Waals surface area contributed by atoms with Crippen molar-refractivity contribution >= 4 is 33.4 Å². The van der Waals surface area contributed by atoms with Crippen LogP contribution >= 0.6 is 15.9 Å². The van der Waals surface area contributed by atoms with Crippen molar-refractivity contribution < 1.29 is 24.5 Å². The quantitative estimate of drug-likeness (QED) is 0.154. The zero-order valence-corrected chi connectivity index (χ0v) is 24.2. The third-order valence-electron chi connectivity index (χ3n) is 6.79. The van der Waals surface area contributed by atoms with Gasteiger partial charge in [-0.25, -0.2) is 0 Å². The number of carbonyl (C=O) groups excluding carboxylic acids is 2. The van der Waals surface area contributed by atoms with Crippen molar-refractivity contribution in [3.05, 3.63) is 63.6 Å². The van der Waals surface area contributed by atoms with E-state index in [-0.39, 0.29) is 22.8 Å². The average Bonchev–Trinajstić information content (AvgIpc) is 3.16. The Morgan fingerprint density at radius 1 is 0.974 bits per heavy atom. The Kier molecular flexibility index (Phi) is 11.2. The molecule has 1 amide bonds. The fourth-order valence-electron chi connectivity index (χ4n) is 4.76. The highest BCUT2D eigenvalue weighted by Gasteiger charge is 2.46. The van der Waals surface area contributed by atoms with Crippen LogP contribution in [0.2, 0.25) is 0 Å². The normalized spacial score (nSPS) is 17.0. The summed E-state index contributed by atoms with van der Waals surface area (Å²) in [6, 6.07) is 11.0. The fraction of sp³-hybridized carbons (Fsp3) is 0.467. The molecule has 3 rings (SSSR count). The summed E-state index contributed by atoms with van der Waals surface area (Å²) in [5.41, 5.74) is 1.09. The van der Waals surface area contributed by atoms with Gasteiger partial charge in [0, 0.05) is 16.6 Å². The Morgan fingerprint density at radius 2 is 1.61 bits per heavy atom. The molecule has 1 saturated heterocycles. The number of hydrogen-bond donors (Lipinski definition) is 2. The molecule has 7 nitrogen and oxygen atoms in total. The van der Waals surface area contributed by atoms with Crippen molar-refractivity contribution in [1.29, 1.82) is 0 Å². The van der Waals surface area contributed by atoms with Crippen molar-refractivity contribution in [2.24, 2.45) is 0 Å². The highest BCUT2D eigenvalue weighted by molar-refractivity contribution is 9.10. The number of ketones is 1. The Bertz CT molecular complexity index is 1120. The van der Waals surface area contributed by atoms with E-state index in [1.54, 1.807) is 41.3 Å². The molecular weight excluding hydrogens is 548 g/mol. The second kappa shape index (κ2) is 14.4. The van der Waals surface area contributed by atoms with Crippen molar-refractivity contribution in [1.82, 2.24) is 9.80 Å². The number of likely N-dealkylation sites (tertiary alicyclic amines) is 1. The van der Waals surface area contributed by atoms with E-state index < -0.39 is 17.7 Å². The molecule has 206 valence electrons. The minimum Gasteiger partial charge on any atom is -0.507 e. The highest BCUT2D eigenvalue weighted by Crippen LogP contribution is 2.42. The van der Waals surface area contributed by atoms with Gasteiger partial charge in [0.2, 0.25) is 0 Å². The number of rotatable bonds is 14. The molecule has 1 heterocycles. The van der Waals surface area contributed by atoms with E-state index in [1.807, 2.05) is 6.92 Å². The highest BCUT2D eigenvalue weighted by atomic mass is 79.9. The molecular formula is C30H39BrN2O5. The van der Waals surface area contributed by atoms with Crippen LogP contribution in [-0.2, 0) is 9.59 Å². The van der Waals surface area contributed by atoms with Crippen LogP contribution < -0.4 is 4.74 Å². The van der Waals surface area contributed by atoms with Crippen LogP contribution in [0.25, 0.3) is 5.76 Å². The Hall–Kier alpha value is -2.84. The van der Waals surface area contributed by atoms with E-state index in [4.69, 9.17) is 4.74 Å². The molecule has 1 aliphatic rings. The average molecular weight is 588 g/mol. The van der Waals surface area contributed by atoms with Gasteiger partial charge in [0.05, 0.1) is 18.2 Å². The molecule has 1 atom stereocenters. The van der Waals surface area contributed by atoms with Gasteiger partial charge in [0.25, 0.3) is 11.7 Å². The van der Waals surface area contributed by atoms with Crippen molar-refractivity contribution in [3.63, 3.8) is 0 Å². The molecule has 8 heteroatoms. The van der Waals surface area contributed by atoms with Crippen LogP contribution in [0.4, 0.5) is 0 Å². The monoisotopic (exact) mass is 586 g/mol. The minimum absolute atomic E-state index is 0.0250.